The molecule has 5 heteroatoms. The van der Waals surface area contributed by atoms with Crippen LogP contribution >= 0.6 is 11.3 Å². The zero-order valence-electron chi connectivity index (χ0n) is 6.84. The van der Waals surface area contributed by atoms with Crippen LogP contribution in [0.25, 0.3) is 0 Å². The Balaban J connectivity index is 2.15. The van der Waals surface area contributed by atoms with E-state index in [1.807, 2.05) is 0 Å². The first-order valence-corrected chi connectivity index (χ1v) is 4.89. The predicted octanol–water partition coefficient (Wildman–Crippen LogP) is 0.241. The molecule has 2 atom stereocenters. The number of hydrogen-bond donors (Lipinski definition) is 2. The van der Waals surface area contributed by atoms with Crippen molar-refractivity contribution < 1.29 is 19.7 Å². The molecule has 1 aromatic rings. The lowest BCUT2D eigenvalue weighted by molar-refractivity contribution is -0.0370. The van der Waals surface area contributed by atoms with Crippen LogP contribution in [-0.4, -0.2) is 35.6 Å². The molecule has 0 radical (unpaired) electrons. The minimum absolute atomic E-state index is 0.105. The minimum Gasteiger partial charge on any atom is -0.486 e. The topological polar surface area (TPSA) is 58.9 Å². The van der Waals surface area contributed by atoms with Gasteiger partial charge in [-0.2, -0.15) is 0 Å². The largest absolute Gasteiger partial charge is 0.486 e. The van der Waals surface area contributed by atoms with Gasteiger partial charge in [0.2, 0.25) is 0 Å². The van der Waals surface area contributed by atoms with E-state index in [1.54, 1.807) is 10.8 Å². The van der Waals surface area contributed by atoms with Crippen molar-refractivity contribution in [3.05, 3.63) is 10.8 Å². The molecule has 13 heavy (non-hydrogen) atoms. The van der Waals surface area contributed by atoms with Gasteiger partial charge in [0.25, 0.3) is 0 Å². The summed E-state index contributed by atoms with van der Waals surface area (Å²) in [5.74, 6) is 1.27. The van der Waals surface area contributed by atoms with E-state index >= 15 is 0 Å². The summed E-state index contributed by atoms with van der Waals surface area (Å²) < 4.78 is 10.5. The van der Waals surface area contributed by atoms with Gasteiger partial charge in [-0.1, -0.05) is 0 Å². The Labute approximate surface area is 79.3 Å². The van der Waals surface area contributed by atoms with Crippen LogP contribution in [0.5, 0.6) is 11.5 Å². The maximum atomic E-state index is 9.29. The molecule has 1 aromatic heterocycles. The SMILES string of the molecule is OC1COc2cscc2OCC1O. The van der Waals surface area contributed by atoms with Crippen LogP contribution in [0.2, 0.25) is 0 Å². The Morgan fingerprint density at radius 3 is 2.00 bits per heavy atom. The molecule has 2 unspecified atom stereocenters. The van der Waals surface area contributed by atoms with Crippen LogP contribution in [0.4, 0.5) is 0 Å². The third-order valence-corrected chi connectivity index (χ3v) is 2.56. The molecular weight excluding hydrogens is 192 g/mol. The van der Waals surface area contributed by atoms with Gasteiger partial charge in [-0.15, -0.1) is 11.3 Å². The van der Waals surface area contributed by atoms with Gasteiger partial charge >= 0.3 is 0 Å². The fourth-order valence-electron chi connectivity index (χ4n) is 1.06. The molecule has 72 valence electrons. The maximum Gasteiger partial charge on any atom is 0.172 e. The Hall–Kier alpha value is -0.780. The van der Waals surface area contributed by atoms with E-state index in [2.05, 4.69) is 0 Å². The second kappa shape index (κ2) is 3.53. The van der Waals surface area contributed by atoms with E-state index < -0.39 is 12.2 Å². The number of aliphatic hydroxyl groups is 2. The number of ether oxygens (including phenoxy) is 2. The average molecular weight is 202 g/mol. The van der Waals surface area contributed by atoms with Crippen molar-refractivity contribution in [2.45, 2.75) is 12.2 Å². The third kappa shape index (κ3) is 1.77. The summed E-state index contributed by atoms with van der Waals surface area (Å²) in [5, 5.41) is 22.2. The van der Waals surface area contributed by atoms with Crippen molar-refractivity contribution in [1.29, 1.82) is 0 Å². The lowest BCUT2D eigenvalue weighted by Crippen LogP contribution is -2.37. The van der Waals surface area contributed by atoms with Gasteiger partial charge in [0.1, 0.15) is 25.4 Å². The molecule has 1 aliphatic heterocycles. The summed E-state index contributed by atoms with van der Waals surface area (Å²) in [4.78, 5) is 0. The lowest BCUT2D eigenvalue weighted by atomic mass is 10.2. The molecule has 0 aromatic carbocycles. The molecule has 0 amide bonds. The summed E-state index contributed by atoms with van der Waals surface area (Å²) in [7, 11) is 0. The molecular formula is C8H10O4S. The monoisotopic (exact) mass is 202 g/mol. The van der Waals surface area contributed by atoms with Crippen LogP contribution in [0.3, 0.4) is 0 Å². The highest BCUT2D eigenvalue weighted by Crippen LogP contribution is 2.32. The molecule has 2 heterocycles. The van der Waals surface area contributed by atoms with Crippen molar-refractivity contribution in [3.63, 3.8) is 0 Å². The zero-order chi connectivity index (χ0) is 9.26. The Kier molecular flexibility index (Phi) is 2.39. The van der Waals surface area contributed by atoms with Crippen molar-refractivity contribution in [2.75, 3.05) is 13.2 Å². The minimum atomic E-state index is -0.881. The van der Waals surface area contributed by atoms with Crippen LogP contribution in [-0.2, 0) is 0 Å². The smallest absolute Gasteiger partial charge is 0.172 e. The molecule has 0 saturated carbocycles. The van der Waals surface area contributed by atoms with Crippen molar-refractivity contribution in [2.24, 2.45) is 0 Å². The van der Waals surface area contributed by atoms with Crippen molar-refractivity contribution in [3.8, 4) is 11.5 Å². The Morgan fingerprint density at radius 1 is 1.08 bits per heavy atom. The van der Waals surface area contributed by atoms with Crippen LogP contribution in [0.15, 0.2) is 10.8 Å². The zero-order valence-corrected chi connectivity index (χ0v) is 7.66. The summed E-state index contributed by atoms with van der Waals surface area (Å²) in [6, 6.07) is 0. The number of thiophene rings is 1. The van der Waals surface area contributed by atoms with Gasteiger partial charge in [0, 0.05) is 10.8 Å². The van der Waals surface area contributed by atoms with Gasteiger partial charge in [-0.3, -0.25) is 0 Å². The fourth-order valence-corrected chi connectivity index (χ4v) is 1.74. The second-order valence-electron chi connectivity index (χ2n) is 2.86. The second-order valence-corrected chi connectivity index (χ2v) is 3.60. The van der Waals surface area contributed by atoms with Crippen LogP contribution < -0.4 is 9.47 Å². The average Bonchev–Trinajstić information content (AvgIpc) is 2.55. The quantitative estimate of drug-likeness (QED) is 0.632. The van der Waals surface area contributed by atoms with E-state index in [4.69, 9.17) is 9.47 Å². The van der Waals surface area contributed by atoms with Gasteiger partial charge in [-0.05, 0) is 0 Å². The first-order chi connectivity index (χ1) is 6.27. The summed E-state index contributed by atoms with van der Waals surface area (Å²) in [5.41, 5.74) is 0. The Bertz CT molecular complexity index is 259. The van der Waals surface area contributed by atoms with Gasteiger partial charge in [-0.25, -0.2) is 0 Å². The predicted molar refractivity (Wildman–Crippen MR) is 47.3 cm³/mol. The molecule has 0 fully saturated rings. The standard InChI is InChI=1S/C8H10O4S/c9-5-1-11-7-3-13-4-8(7)12-2-6(5)10/h3-6,9-10H,1-2H2. The van der Waals surface area contributed by atoms with Gasteiger partial charge < -0.3 is 19.7 Å². The Morgan fingerprint density at radius 2 is 1.54 bits per heavy atom. The molecule has 0 saturated heterocycles. The van der Waals surface area contributed by atoms with Crippen molar-refractivity contribution >= 4 is 11.3 Å². The highest BCUT2D eigenvalue weighted by molar-refractivity contribution is 7.08. The van der Waals surface area contributed by atoms with E-state index in [1.165, 1.54) is 11.3 Å². The van der Waals surface area contributed by atoms with Crippen LogP contribution in [0, 0.1) is 0 Å². The lowest BCUT2D eigenvalue weighted by Gasteiger charge is -2.21. The summed E-state index contributed by atoms with van der Waals surface area (Å²) >= 11 is 1.46. The number of fused-ring (bicyclic) bond motifs is 1. The highest BCUT2D eigenvalue weighted by atomic mass is 32.1. The molecule has 0 bridgehead atoms. The number of rotatable bonds is 0. The first kappa shape index (κ1) is 8.80. The summed E-state index contributed by atoms with van der Waals surface area (Å²) in [6.45, 7) is 0.211. The first-order valence-electron chi connectivity index (χ1n) is 3.95. The maximum absolute atomic E-state index is 9.29. The van der Waals surface area contributed by atoms with E-state index in [-0.39, 0.29) is 13.2 Å². The number of aliphatic hydroxyl groups excluding tert-OH is 2. The molecule has 2 N–H and O–H groups in total. The molecule has 4 nitrogen and oxygen atoms in total. The van der Waals surface area contributed by atoms with Crippen LogP contribution in [0.1, 0.15) is 0 Å². The third-order valence-electron chi connectivity index (χ3n) is 1.86. The van der Waals surface area contributed by atoms with E-state index in [9.17, 15) is 10.2 Å². The molecule has 0 spiro atoms. The van der Waals surface area contributed by atoms with Gasteiger partial charge in [0.15, 0.2) is 11.5 Å². The van der Waals surface area contributed by atoms with Crippen molar-refractivity contribution in [1.82, 2.24) is 0 Å². The van der Waals surface area contributed by atoms with E-state index in [0.717, 1.165) is 0 Å². The highest BCUT2D eigenvalue weighted by Gasteiger charge is 2.22. The molecule has 0 aliphatic carbocycles. The number of hydrogen-bond acceptors (Lipinski definition) is 5. The normalized spacial score (nSPS) is 27.8. The van der Waals surface area contributed by atoms with E-state index in [0.29, 0.717) is 11.5 Å². The summed E-state index contributed by atoms with van der Waals surface area (Å²) in [6.07, 6.45) is -1.76. The molecule has 2 rings (SSSR count). The fraction of sp³-hybridized carbons (Fsp3) is 0.500. The van der Waals surface area contributed by atoms with Gasteiger partial charge in [0.05, 0.1) is 0 Å². The molecule has 1 aliphatic rings.